The first kappa shape index (κ1) is 11.5. The van der Waals surface area contributed by atoms with E-state index in [1.165, 1.54) is 17.6 Å². The number of hydrogen-bond acceptors (Lipinski definition) is 0. The zero-order valence-corrected chi connectivity index (χ0v) is 9.04. The van der Waals surface area contributed by atoms with E-state index in [0.717, 1.165) is 12.8 Å². The fourth-order valence-electron chi connectivity index (χ4n) is 1.46. The quantitative estimate of drug-likeness (QED) is 0.528. The molecule has 0 radical (unpaired) electrons. The van der Waals surface area contributed by atoms with E-state index in [9.17, 15) is 0 Å². The molecule has 0 rings (SSSR count). The van der Waals surface area contributed by atoms with Crippen molar-refractivity contribution >= 4 is 0 Å². The van der Waals surface area contributed by atoms with Gasteiger partial charge in [-0.25, -0.2) is 0 Å². The molecule has 0 fully saturated rings. The highest BCUT2D eigenvalue weighted by Gasteiger charge is 2.16. The molecule has 0 heteroatoms. The van der Waals surface area contributed by atoms with E-state index in [1.807, 2.05) is 0 Å². The van der Waals surface area contributed by atoms with Crippen LogP contribution < -0.4 is 0 Å². The lowest BCUT2D eigenvalue weighted by Crippen LogP contribution is -2.11. The maximum Gasteiger partial charge on any atom is 0 e. The summed E-state index contributed by atoms with van der Waals surface area (Å²) in [6, 6.07) is 0. The van der Waals surface area contributed by atoms with E-state index in [-0.39, 0.29) is 1.43 Å². The van der Waals surface area contributed by atoms with E-state index in [4.69, 9.17) is 0 Å². The van der Waals surface area contributed by atoms with Crippen molar-refractivity contribution < 1.29 is 1.43 Å². The molecule has 0 aromatic carbocycles. The van der Waals surface area contributed by atoms with Gasteiger partial charge in [-0.1, -0.05) is 25.0 Å². The van der Waals surface area contributed by atoms with Crippen molar-refractivity contribution in [1.29, 1.82) is 0 Å². The summed E-state index contributed by atoms with van der Waals surface area (Å²) < 4.78 is 0. The van der Waals surface area contributed by atoms with Gasteiger partial charge in [0.25, 0.3) is 0 Å². The van der Waals surface area contributed by atoms with E-state index in [2.05, 4.69) is 40.9 Å². The third-order valence-electron chi connectivity index (χ3n) is 2.01. The Morgan fingerprint density at radius 2 is 1.67 bits per heavy atom. The second-order valence-corrected chi connectivity index (χ2v) is 4.76. The van der Waals surface area contributed by atoms with Crippen molar-refractivity contribution in [2.45, 2.75) is 47.0 Å². The molecule has 0 aliphatic heterocycles. The zero-order valence-electron chi connectivity index (χ0n) is 9.04. The molecule has 0 unspecified atom stereocenters. The minimum absolute atomic E-state index is 0. The van der Waals surface area contributed by atoms with Gasteiger partial charge in [0, 0.05) is 1.43 Å². The Morgan fingerprint density at radius 3 is 2.00 bits per heavy atom. The van der Waals surface area contributed by atoms with Crippen molar-refractivity contribution in [3.63, 3.8) is 0 Å². The van der Waals surface area contributed by atoms with Crippen molar-refractivity contribution in [3.8, 4) is 0 Å². The Labute approximate surface area is 78.9 Å². The topological polar surface area (TPSA) is 0 Å². The number of rotatable bonds is 5. The third-order valence-corrected chi connectivity index (χ3v) is 2.01. The first-order valence-electron chi connectivity index (χ1n) is 4.62. The van der Waals surface area contributed by atoms with E-state index in [1.54, 1.807) is 0 Å². The third kappa shape index (κ3) is 6.21. The lowest BCUT2D eigenvalue weighted by atomic mass is 9.81. The first-order chi connectivity index (χ1) is 5.33. The summed E-state index contributed by atoms with van der Waals surface area (Å²) in [6.45, 7) is 16.6. The largest absolute Gasteiger partial charge is 0.100 e. The number of hydrogen-bond donors (Lipinski definition) is 0. The standard InChI is InChI=1S/C12H22.H2/c1-10(2)7-8-12(5,6)9-11(3)4;/h1,3,7-9H2,2,4-6H3;1H/i;1+1. The molecule has 0 saturated heterocycles. The summed E-state index contributed by atoms with van der Waals surface area (Å²) >= 11 is 0. The highest BCUT2D eigenvalue weighted by atomic mass is 14.2. The zero-order chi connectivity index (χ0) is 9.78. The monoisotopic (exact) mass is 169 g/mol. The van der Waals surface area contributed by atoms with Gasteiger partial charge in [-0.15, -0.1) is 13.2 Å². The molecule has 0 saturated carbocycles. The van der Waals surface area contributed by atoms with E-state index < -0.39 is 0 Å². The number of allylic oxidation sites excluding steroid dienone is 2. The molecule has 0 nitrogen and oxygen atoms in total. The molecule has 12 heavy (non-hydrogen) atoms. The van der Waals surface area contributed by atoms with Crippen molar-refractivity contribution in [2.75, 3.05) is 0 Å². The first-order valence-corrected chi connectivity index (χ1v) is 4.62. The van der Waals surface area contributed by atoms with Gasteiger partial charge in [-0.05, 0) is 38.5 Å². The summed E-state index contributed by atoms with van der Waals surface area (Å²) in [6.07, 6.45) is 3.48. The second-order valence-electron chi connectivity index (χ2n) is 4.76. The van der Waals surface area contributed by atoms with Gasteiger partial charge in [-0.3, -0.25) is 0 Å². The van der Waals surface area contributed by atoms with Crippen LogP contribution in [0.3, 0.4) is 0 Å². The van der Waals surface area contributed by atoms with Gasteiger partial charge in [0.15, 0.2) is 0 Å². The normalized spacial score (nSPS) is 11.3. The molecule has 0 aromatic rings. The summed E-state index contributed by atoms with van der Waals surface area (Å²) in [5.41, 5.74) is 2.96. The molecule has 0 heterocycles. The Balaban J connectivity index is 0. The second kappa shape index (κ2) is 4.49. The van der Waals surface area contributed by atoms with E-state index in [0.29, 0.717) is 5.41 Å². The van der Waals surface area contributed by atoms with Crippen LogP contribution in [0.2, 0.25) is 0 Å². The summed E-state index contributed by atoms with van der Waals surface area (Å²) in [4.78, 5) is 0. The van der Waals surface area contributed by atoms with Gasteiger partial charge in [0.05, 0.1) is 0 Å². The van der Waals surface area contributed by atoms with Gasteiger partial charge < -0.3 is 0 Å². The summed E-state index contributed by atoms with van der Waals surface area (Å²) in [7, 11) is 0. The Kier molecular flexibility index (Phi) is 4.30. The predicted molar refractivity (Wildman–Crippen MR) is 59.4 cm³/mol. The SMILES string of the molecule is C=C(C)CCC(C)(C)CC(=C)C.[2HH]. The minimum Gasteiger partial charge on any atom is -0.100 e. The molecule has 0 aliphatic carbocycles. The van der Waals surface area contributed by atoms with Crippen LogP contribution in [0.1, 0.15) is 48.4 Å². The van der Waals surface area contributed by atoms with Gasteiger partial charge in [0.1, 0.15) is 0 Å². The smallest absolute Gasteiger partial charge is 0 e. The molecule has 0 aromatic heterocycles. The maximum absolute atomic E-state index is 3.94. The molecule has 0 bridgehead atoms. The maximum atomic E-state index is 3.94. The predicted octanol–water partition coefficient (Wildman–Crippen LogP) is 4.58. The average Bonchev–Trinajstić information content (AvgIpc) is 1.81. The Bertz CT molecular complexity index is 178. The van der Waals surface area contributed by atoms with Crippen LogP contribution in [0.4, 0.5) is 0 Å². The average molecular weight is 169 g/mol. The van der Waals surface area contributed by atoms with Crippen molar-refractivity contribution in [3.05, 3.63) is 24.3 Å². The van der Waals surface area contributed by atoms with Crippen molar-refractivity contribution in [2.24, 2.45) is 5.41 Å². The summed E-state index contributed by atoms with van der Waals surface area (Å²) in [5.74, 6) is 0. The highest BCUT2D eigenvalue weighted by Crippen LogP contribution is 2.30. The van der Waals surface area contributed by atoms with Crippen molar-refractivity contribution in [1.82, 2.24) is 0 Å². The van der Waals surface area contributed by atoms with Crippen LogP contribution in [-0.2, 0) is 0 Å². The molecular weight excluding hydrogens is 144 g/mol. The van der Waals surface area contributed by atoms with Crippen LogP contribution in [-0.4, -0.2) is 0 Å². The fraction of sp³-hybridized carbons (Fsp3) is 0.667. The van der Waals surface area contributed by atoms with Crippen LogP contribution in [0.25, 0.3) is 0 Å². The molecule has 0 atom stereocenters. The van der Waals surface area contributed by atoms with Gasteiger partial charge >= 0.3 is 0 Å². The van der Waals surface area contributed by atoms with Crippen LogP contribution in [0.5, 0.6) is 0 Å². The Morgan fingerprint density at radius 1 is 1.17 bits per heavy atom. The van der Waals surface area contributed by atoms with E-state index >= 15 is 0 Å². The molecular formula is C12H24. The van der Waals surface area contributed by atoms with Crippen LogP contribution in [0, 0.1) is 5.41 Å². The fourth-order valence-corrected chi connectivity index (χ4v) is 1.46. The molecule has 72 valence electrons. The lowest BCUT2D eigenvalue weighted by molar-refractivity contribution is 0.332. The molecule has 0 aliphatic rings. The Hall–Kier alpha value is -0.520. The van der Waals surface area contributed by atoms with Crippen LogP contribution >= 0.6 is 0 Å². The van der Waals surface area contributed by atoms with Gasteiger partial charge in [0.2, 0.25) is 0 Å². The minimum atomic E-state index is 0. The molecule has 0 spiro atoms. The molecule has 0 amide bonds. The summed E-state index contributed by atoms with van der Waals surface area (Å²) in [5, 5.41) is 0. The molecule has 0 N–H and O–H groups in total. The highest BCUT2D eigenvalue weighted by molar-refractivity contribution is 4.96. The van der Waals surface area contributed by atoms with Crippen LogP contribution in [0.15, 0.2) is 24.3 Å². The van der Waals surface area contributed by atoms with Gasteiger partial charge in [-0.2, -0.15) is 0 Å². The lowest BCUT2D eigenvalue weighted by Gasteiger charge is -2.24.